The third-order valence-corrected chi connectivity index (χ3v) is 5.99. The van der Waals surface area contributed by atoms with Crippen LogP contribution >= 0.6 is 0 Å². The van der Waals surface area contributed by atoms with Crippen LogP contribution in [0.2, 0.25) is 0 Å². The minimum atomic E-state index is -3.65. The summed E-state index contributed by atoms with van der Waals surface area (Å²) in [6.45, 7) is 7.69. The van der Waals surface area contributed by atoms with Gasteiger partial charge in [-0.1, -0.05) is 43.9 Å². The van der Waals surface area contributed by atoms with Gasteiger partial charge in [-0.05, 0) is 32.5 Å². The normalized spacial score (nSPS) is 17.1. The molecule has 0 aliphatic carbocycles. The summed E-state index contributed by atoms with van der Waals surface area (Å²) in [4.78, 5) is 4.69. The number of aryl methyl sites for hydroxylation is 1. The molecular weight excluding hydrogens is 334 g/mol. The largest absolute Gasteiger partial charge is 0.357 e. The van der Waals surface area contributed by atoms with Crippen molar-refractivity contribution < 1.29 is 8.42 Å². The van der Waals surface area contributed by atoms with E-state index in [1.807, 2.05) is 19.1 Å². The Morgan fingerprint density at radius 2 is 1.68 bits per heavy atom. The molecule has 0 atom stereocenters. The first-order valence-corrected chi connectivity index (χ1v) is 10.7. The molecule has 1 aliphatic heterocycles. The van der Waals surface area contributed by atoms with Crippen LogP contribution in [-0.4, -0.2) is 57.3 Å². The van der Waals surface area contributed by atoms with Gasteiger partial charge in [-0.3, -0.25) is 0 Å². The van der Waals surface area contributed by atoms with Crippen molar-refractivity contribution in [2.75, 3.05) is 33.2 Å². The van der Waals surface area contributed by atoms with E-state index in [0.29, 0.717) is 0 Å². The van der Waals surface area contributed by atoms with Crippen molar-refractivity contribution in [2.24, 2.45) is 4.40 Å². The molecule has 1 fully saturated rings. The van der Waals surface area contributed by atoms with E-state index in [1.165, 1.54) is 12.8 Å². The van der Waals surface area contributed by atoms with Crippen LogP contribution in [0.1, 0.15) is 44.6 Å². The predicted molar refractivity (Wildman–Crippen MR) is 104 cm³/mol. The number of likely N-dealkylation sites (N-methyl/N-ethyl adjacent to an activating group) is 1. The molecule has 0 bridgehead atoms. The summed E-state index contributed by atoms with van der Waals surface area (Å²) < 4.78 is 29.7. The molecule has 5 nitrogen and oxygen atoms in total. The molecule has 2 rings (SSSR count). The Morgan fingerprint density at radius 3 is 2.28 bits per heavy atom. The van der Waals surface area contributed by atoms with Crippen molar-refractivity contribution in [2.45, 2.75) is 50.8 Å². The van der Waals surface area contributed by atoms with Crippen LogP contribution < -0.4 is 0 Å². The van der Waals surface area contributed by atoms with Gasteiger partial charge < -0.3 is 9.80 Å². The quantitative estimate of drug-likeness (QED) is 0.423. The van der Waals surface area contributed by atoms with Crippen molar-refractivity contribution >= 4 is 15.9 Å². The Balaban J connectivity index is 2.19. The molecule has 1 heterocycles. The number of hydrogen-bond acceptors (Lipinski definition) is 3. The number of rotatable bonds is 7. The maximum absolute atomic E-state index is 12.7. The van der Waals surface area contributed by atoms with Crippen molar-refractivity contribution in [3.63, 3.8) is 0 Å². The van der Waals surface area contributed by atoms with Crippen LogP contribution in [0.4, 0.5) is 0 Å². The molecule has 1 aliphatic rings. The fourth-order valence-electron chi connectivity index (χ4n) is 2.94. The predicted octanol–water partition coefficient (Wildman–Crippen LogP) is 3.30. The van der Waals surface area contributed by atoms with Crippen molar-refractivity contribution in [3.8, 4) is 0 Å². The Morgan fingerprint density at radius 1 is 1.04 bits per heavy atom. The van der Waals surface area contributed by atoms with Crippen LogP contribution in [0.25, 0.3) is 0 Å². The molecule has 0 unspecified atom stereocenters. The van der Waals surface area contributed by atoms with Gasteiger partial charge >= 0.3 is 0 Å². The zero-order chi connectivity index (χ0) is 18.3. The van der Waals surface area contributed by atoms with E-state index in [1.54, 1.807) is 12.1 Å². The minimum Gasteiger partial charge on any atom is -0.357 e. The van der Waals surface area contributed by atoms with E-state index in [4.69, 9.17) is 0 Å². The highest BCUT2D eigenvalue weighted by Gasteiger charge is 2.21. The molecule has 6 heteroatoms. The third-order valence-electron chi connectivity index (χ3n) is 4.67. The molecule has 0 spiro atoms. The number of unbranched alkanes of at least 4 members (excludes halogenated alkanes) is 3. The number of sulfonamides is 1. The number of nitrogens with zero attached hydrogens (tertiary/aromatic N) is 3. The lowest BCUT2D eigenvalue weighted by molar-refractivity contribution is 0.213. The summed E-state index contributed by atoms with van der Waals surface area (Å²) in [6.07, 6.45) is 5.19. The number of piperazine rings is 1. The van der Waals surface area contributed by atoms with Gasteiger partial charge in [-0.2, -0.15) is 8.42 Å². The van der Waals surface area contributed by atoms with Crippen LogP contribution in [0, 0.1) is 6.92 Å². The van der Waals surface area contributed by atoms with Gasteiger partial charge in [0.25, 0.3) is 10.0 Å². The average molecular weight is 366 g/mol. The fourth-order valence-corrected chi connectivity index (χ4v) is 4.01. The summed E-state index contributed by atoms with van der Waals surface area (Å²) in [5.41, 5.74) is 1.04. The lowest BCUT2D eigenvalue weighted by Crippen LogP contribution is -2.47. The molecule has 0 amide bonds. The summed E-state index contributed by atoms with van der Waals surface area (Å²) in [5, 5.41) is 0. The molecular formula is C19H31N3O2S. The molecule has 1 aromatic carbocycles. The number of amidine groups is 1. The molecule has 1 saturated heterocycles. The van der Waals surface area contributed by atoms with E-state index in [2.05, 4.69) is 28.2 Å². The monoisotopic (exact) mass is 365 g/mol. The number of benzene rings is 1. The fraction of sp³-hybridized carbons (Fsp3) is 0.632. The lowest BCUT2D eigenvalue weighted by atomic mass is 10.1. The van der Waals surface area contributed by atoms with Gasteiger partial charge in [-0.25, -0.2) is 0 Å². The Bertz CT molecular complexity index is 660. The maximum Gasteiger partial charge on any atom is 0.283 e. The van der Waals surface area contributed by atoms with Crippen molar-refractivity contribution in [1.29, 1.82) is 0 Å². The highest BCUT2D eigenvalue weighted by molar-refractivity contribution is 7.90. The van der Waals surface area contributed by atoms with Crippen LogP contribution in [0.5, 0.6) is 0 Å². The molecule has 25 heavy (non-hydrogen) atoms. The minimum absolute atomic E-state index is 0.276. The van der Waals surface area contributed by atoms with E-state index in [0.717, 1.165) is 56.8 Å². The highest BCUT2D eigenvalue weighted by atomic mass is 32.2. The van der Waals surface area contributed by atoms with Gasteiger partial charge in [-0.15, -0.1) is 4.40 Å². The lowest BCUT2D eigenvalue weighted by Gasteiger charge is -2.34. The van der Waals surface area contributed by atoms with Crippen molar-refractivity contribution in [3.05, 3.63) is 29.8 Å². The summed E-state index contributed by atoms with van der Waals surface area (Å²) in [7, 11) is -1.55. The molecule has 0 aromatic heterocycles. The highest BCUT2D eigenvalue weighted by Crippen LogP contribution is 2.17. The zero-order valence-electron chi connectivity index (χ0n) is 15.7. The topological polar surface area (TPSA) is 53.0 Å². The van der Waals surface area contributed by atoms with Crippen LogP contribution in [-0.2, 0) is 10.0 Å². The van der Waals surface area contributed by atoms with Gasteiger partial charge in [0.1, 0.15) is 5.84 Å². The molecule has 0 N–H and O–H groups in total. The first kappa shape index (κ1) is 19.9. The smallest absolute Gasteiger partial charge is 0.283 e. The molecule has 0 radical (unpaired) electrons. The Hall–Kier alpha value is -1.40. The first-order chi connectivity index (χ1) is 11.9. The Labute approximate surface area is 152 Å². The average Bonchev–Trinajstić information content (AvgIpc) is 2.59. The van der Waals surface area contributed by atoms with Gasteiger partial charge in [0.05, 0.1) is 4.90 Å². The molecule has 1 aromatic rings. The molecule has 140 valence electrons. The van der Waals surface area contributed by atoms with E-state index >= 15 is 0 Å². The van der Waals surface area contributed by atoms with Gasteiger partial charge in [0, 0.05) is 32.6 Å². The van der Waals surface area contributed by atoms with Crippen molar-refractivity contribution in [1.82, 2.24) is 9.80 Å². The second-order valence-electron chi connectivity index (χ2n) is 6.90. The van der Waals surface area contributed by atoms with Crippen LogP contribution in [0.3, 0.4) is 0 Å². The standard InChI is InChI=1S/C19H31N3O2S/c1-4-5-6-7-8-19(22-15-13-21(3)14-16-22)20-25(23,24)18-11-9-17(2)10-12-18/h9-12H,4-8,13-16H2,1-3H3/b20-19-. The first-order valence-electron chi connectivity index (χ1n) is 9.26. The summed E-state index contributed by atoms with van der Waals surface area (Å²) >= 11 is 0. The zero-order valence-corrected chi connectivity index (χ0v) is 16.6. The molecule has 0 saturated carbocycles. The SMILES string of the molecule is CCCCCC/C(=N/S(=O)(=O)c1ccc(C)cc1)N1CCN(C)CC1. The second-order valence-corrected chi connectivity index (χ2v) is 8.50. The summed E-state index contributed by atoms with van der Waals surface area (Å²) in [6, 6.07) is 6.93. The summed E-state index contributed by atoms with van der Waals surface area (Å²) in [5.74, 6) is 0.727. The maximum atomic E-state index is 12.7. The second kappa shape index (κ2) is 9.34. The van der Waals surface area contributed by atoms with Gasteiger partial charge in [0.15, 0.2) is 0 Å². The van der Waals surface area contributed by atoms with Gasteiger partial charge in [0.2, 0.25) is 0 Å². The van der Waals surface area contributed by atoms with E-state index in [-0.39, 0.29) is 4.90 Å². The van der Waals surface area contributed by atoms with E-state index < -0.39 is 10.0 Å². The van der Waals surface area contributed by atoms with Crippen LogP contribution in [0.15, 0.2) is 33.6 Å². The third kappa shape index (κ3) is 6.12. The number of hydrogen-bond donors (Lipinski definition) is 0. The van der Waals surface area contributed by atoms with E-state index in [9.17, 15) is 8.42 Å². The Kier molecular flexibility index (Phi) is 7.44.